The Morgan fingerprint density at radius 3 is 2.65 bits per heavy atom. The molecule has 0 spiro atoms. The van der Waals surface area contributed by atoms with Gasteiger partial charge in [-0.15, -0.1) is 0 Å². The fourth-order valence-corrected chi connectivity index (χ4v) is 2.17. The Kier molecular flexibility index (Phi) is 2.85. The molecule has 2 heterocycles. The Labute approximate surface area is 114 Å². The summed E-state index contributed by atoms with van der Waals surface area (Å²) in [6.45, 7) is 3.87. The van der Waals surface area contributed by atoms with E-state index in [9.17, 15) is 9.59 Å². The lowest BCUT2D eigenvalue weighted by Gasteiger charge is -2.10. The third kappa shape index (κ3) is 2.09. The molecule has 6 nitrogen and oxygen atoms in total. The van der Waals surface area contributed by atoms with Gasteiger partial charge in [0.05, 0.1) is 11.1 Å². The number of ether oxygens (including phenoxy) is 2. The first kappa shape index (κ1) is 12.5. The smallest absolute Gasteiger partial charge is 0.252 e. The van der Waals surface area contributed by atoms with E-state index in [0.29, 0.717) is 28.0 Å². The molecule has 0 bridgehead atoms. The van der Waals surface area contributed by atoms with Crippen molar-refractivity contribution in [1.82, 2.24) is 10.3 Å². The number of carbonyl (C=O) groups excluding carboxylic acids is 1. The Bertz CT molecular complexity index is 749. The molecule has 0 fully saturated rings. The Morgan fingerprint density at radius 2 is 1.95 bits per heavy atom. The van der Waals surface area contributed by atoms with E-state index in [1.807, 2.05) is 13.8 Å². The second kappa shape index (κ2) is 4.56. The Hall–Kier alpha value is -2.50. The van der Waals surface area contributed by atoms with Gasteiger partial charge in [0.25, 0.3) is 5.91 Å². The van der Waals surface area contributed by atoms with Gasteiger partial charge in [-0.25, -0.2) is 0 Å². The topological polar surface area (TPSA) is 80.4 Å². The van der Waals surface area contributed by atoms with Crippen LogP contribution in [0.5, 0.6) is 11.5 Å². The average Bonchev–Trinajstić information content (AvgIpc) is 2.81. The second-order valence-corrected chi connectivity index (χ2v) is 4.93. The van der Waals surface area contributed by atoms with Gasteiger partial charge in [0, 0.05) is 23.6 Å². The number of amides is 1. The molecule has 1 aromatic heterocycles. The van der Waals surface area contributed by atoms with Crippen molar-refractivity contribution in [3.8, 4) is 11.5 Å². The molecule has 3 rings (SSSR count). The zero-order valence-electron chi connectivity index (χ0n) is 11.1. The van der Waals surface area contributed by atoms with Crippen LogP contribution in [0.3, 0.4) is 0 Å². The Balaban J connectivity index is 2.20. The zero-order valence-corrected chi connectivity index (χ0v) is 11.1. The minimum absolute atomic E-state index is 0.00847. The summed E-state index contributed by atoms with van der Waals surface area (Å²) in [6.07, 6.45) is 0. The quantitative estimate of drug-likeness (QED) is 0.867. The number of fused-ring (bicyclic) bond motifs is 2. The molecule has 1 aromatic carbocycles. The standard InChI is InChI=1S/C14H14N2O4/c1-7(2)15-14(18)9-4-13(17)16-10-5-12-11(3-8(9)10)19-6-20-12/h3-5,7H,6H2,1-2H3,(H,15,18)(H,16,17). The molecule has 0 saturated heterocycles. The normalized spacial score (nSPS) is 12.9. The van der Waals surface area contributed by atoms with E-state index in [2.05, 4.69) is 10.3 Å². The van der Waals surface area contributed by atoms with E-state index in [0.717, 1.165) is 0 Å². The number of H-pyrrole nitrogens is 1. The number of aromatic nitrogens is 1. The van der Waals surface area contributed by atoms with Crippen LogP contribution in [0.1, 0.15) is 24.2 Å². The van der Waals surface area contributed by atoms with Gasteiger partial charge in [-0.2, -0.15) is 0 Å². The molecule has 1 aliphatic rings. The summed E-state index contributed by atoms with van der Waals surface area (Å²) in [5, 5.41) is 3.41. The molecule has 2 N–H and O–H groups in total. The summed E-state index contributed by atoms with van der Waals surface area (Å²) in [7, 11) is 0. The van der Waals surface area contributed by atoms with Crippen LogP contribution in [0.4, 0.5) is 0 Å². The van der Waals surface area contributed by atoms with Crippen LogP contribution in [-0.4, -0.2) is 23.7 Å². The maximum absolute atomic E-state index is 12.2. The van der Waals surface area contributed by atoms with Gasteiger partial charge in [-0.05, 0) is 19.9 Å². The van der Waals surface area contributed by atoms with E-state index >= 15 is 0 Å². The first-order valence-electron chi connectivity index (χ1n) is 6.32. The summed E-state index contributed by atoms with van der Waals surface area (Å²) >= 11 is 0. The van der Waals surface area contributed by atoms with Crippen LogP contribution in [0.2, 0.25) is 0 Å². The summed E-state index contributed by atoms with van der Waals surface area (Å²) in [5.74, 6) is 0.854. The third-order valence-corrected chi connectivity index (χ3v) is 3.00. The summed E-state index contributed by atoms with van der Waals surface area (Å²) in [6, 6.07) is 4.67. The lowest BCUT2D eigenvalue weighted by Crippen LogP contribution is -2.31. The van der Waals surface area contributed by atoms with Crippen molar-refractivity contribution in [1.29, 1.82) is 0 Å². The van der Waals surface area contributed by atoms with Gasteiger partial charge in [0.2, 0.25) is 12.4 Å². The number of carbonyl (C=O) groups is 1. The fourth-order valence-electron chi connectivity index (χ4n) is 2.17. The van der Waals surface area contributed by atoms with Gasteiger partial charge in [0.1, 0.15) is 0 Å². The molecule has 20 heavy (non-hydrogen) atoms. The molecule has 0 unspecified atom stereocenters. The van der Waals surface area contributed by atoms with Crippen LogP contribution >= 0.6 is 0 Å². The number of hydrogen-bond donors (Lipinski definition) is 2. The largest absolute Gasteiger partial charge is 0.454 e. The van der Waals surface area contributed by atoms with Crippen molar-refractivity contribution in [3.05, 3.63) is 34.1 Å². The van der Waals surface area contributed by atoms with Crippen LogP contribution in [-0.2, 0) is 0 Å². The zero-order chi connectivity index (χ0) is 14.3. The van der Waals surface area contributed by atoms with Crippen molar-refractivity contribution in [2.75, 3.05) is 6.79 Å². The highest BCUT2D eigenvalue weighted by Gasteiger charge is 2.19. The van der Waals surface area contributed by atoms with Gasteiger partial charge in [-0.3, -0.25) is 9.59 Å². The van der Waals surface area contributed by atoms with Crippen LogP contribution < -0.4 is 20.3 Å². The van der Waals surface area contributed by atoms with Crippen LogP contribution in [0.15, 0.2) is 23.0 Å². The van der Waals surface area contributed by atoms with E-state index < -0.39 is 0 Å². The predicted octanol–water partition coefficient (Wildman–Crippen LogP) is 1.39. The first-order valence-corrected chi connectivity index (χ1v) is 6.32. The summed E-state index contributed by atoms with van der Waals surface area (Å²) < 4.78 is 10.6. The maximum atomic E-state index is 12.2. The molecule has 1 amide bonds. The molecule has 0 radical (unpaired) electrons. The number of benzene rings is 1. The number of rotatable bonds is 2. The van der Waals surface area contributed by atoms with Crippen molar-refractivity contribution in [3.63, 3.8) is 0 Å². The fraction of sp³-hybridized carbons (Fsp3) is 0.286. The molecule has 6 heteroatoms. The molecular formula is C14H14N2O4. The van der Waals surface area contributed by atoms with Crippen LogP contribution in [0.25, 0.3) is 10.9 Å². The van der Waals surface area contributed by atoms with E-state index in [4.69, 9.17) is 9.47 Å². The van der Waals surface area contributed by atoms with Crippen molar-refractivity contribution < 1.29 is 14.3 Å². The highest BCUT2D eigenvalue weighted by molar-refractivity contribution is 6.06. The number of hydrogen-bond acceptors (Lipinski definition) is 4. The van der Waals surface area contributed by atoms with E-state index in [-0.39, 0.29) is 24.3 Å². The highest BCUT2D eigenvalue weighted by atomic mass is 16.7. The Morgan fingerprint density at radius 1 is 1.25 bits per heavy atom. The van der Waals surface area contributed by atoms with Gasteiger partial charge in [-0.1, -0.05) is 0 Å². The first-order chi connectivity index (χ1) is 9.54. The summed E-state index contributed by atoms with van der Waals surface area (Å²) in [4.78, 5) is 26.6. The lowest BCUT2D eigenvalue weighted by atomic mass is 10.1. The molecule has 0 saturated carbocycles. The molecule has 104 valence electrons. The minimum atomic E-state index is -0.328. The van der Waals surface area contributed by atoms with Gasteiger partial charge < -0.3 is 19.8 Å². The highest BCUT2D eigenvalue weighted by Crippen LogP contribution is 2.35. The number of nitrogens with one attached hydrogen (secondary N) is 2. The number of pyridine rings is 1. The van der Waals surface area contributed by atoms with E-state index in [1.165, 1.54) is 6.07 Å². The van der Waals surface area contributed by atoms with Crippen molar-refractivity contribution in [2.24, 2.45) is 0 Å². The van der Waals surface area contributed by atoms with Gasteiger partial charge in [0.15, 0.2) is 11.5 Å². The predicted molar refractivity (Wildman–Crippen MR) is 73.3 cm³/mol. The monoisotopic (exact) mass is 274 g/mol. The third-order valence-electron chi connectivity index (χ3n) is 3.00. The molecule has 0 aliphatic carbocycles. The lowest BCUT2D eigenvalue weighted by molar-refractivity contribution is 0.0944. The average molecular weight is 274 g/mol. The summed E-state index contributed by atoms with van der Waals surface area (Å²) in [5.41, 5.74) is 0.552. The minimum Gasteiger partial charge on any atom is -0.454 e. The maximum Gasteiger partial charge on any atom is 0.252 e. The molecule has 0 atom stereocenters. The van der Waals surface area contributed by atoms with Crippen molar-refractivity contribution in [2.45, 2.75) is 19.9 Å². The van der Waals surface area contributed by atoms with Crippen LogP contribution in [0, 0.1) is 0 Å². The van der Waals surface area contributed by atoms with Crippen molar-refractivity contribution >= 4 is 16.8 Å². The molecule has 2 aromatic rings. The molecule has 1 aliphatic heterocycles. The van der Waals surface area contributed by atoms with E-state index in [1.54, 1.807) is 12.1 Å². The molecular weight excluding hydrogens is 260 g/mol. The van der Waals surface area contributed by atoms with Gasteiger partial charge >= 0.3 is 0 Å². The number of aromatic amines is 1. The second-order valence-electron chi connectivity index (χ2n) is 4.93. The SMILES string of the molecule is CC(C)NC(=O)c1cc(=O)[nH]c2cc3c(cc12)OCO3.